The summed E-state index contributed by atoms with van der Waals surface area (Å²) < 4.78 is 5.17. The van der Waals surface area contributed by atoms with Gasteiger partial charge in [0.05, 0.1) is 13.7 Å². The lowest BCUT2D eigenvalue weighted by Crippen LogP contribution is -2.53. The van der Waals surface area contributed by atoms with E-state index < -0.39 is 0 Å². The molecule has 0 spiro atoms. The molecule has 0 saturated carbocycles. The molecule has 1 atom stereocenters. The molecule has 2 aliphatic heterocycles. The molecule has 2 fully saturated rings. The Hall–Kier alpha value is -2.08. The summed E-state index contributed by atoms with van der Waals surface area (Å²) in [6, 6.07) is 8.24. The average Bonchev–Trinajstić information content (AvgIpc) is 2.73. The molecule has 28 heavy (non-hydrogen) atoms. The maximum absolute atomic E-state index is 12.6. The van der Waals surface area contributed by atoms with Crippen molar-refractivity contribution >= 4 is 11.8 Å². The number of amides is 2. The van der Waals surface area contributed by atoms with E-state index in [2.05, 4.69) is 11.8 Å². The SMILES string of the molecule is COc1ccc(CCC(=O)N2CCN(CC(=O)N3CCCCC3C)CC2)cc1. The van der Waals surface area contributed by atoms with Crippen molar-refractivity contribution in [2.75, 3.05) is 46.4 Å². The zero-order valence-electron chi connectivity index (χ0n) is 17.2. The Morgan fingerprint density at radius 3 is 2.36 bits per heavy atom. The van der Waals surface area contributed by atoms with Gasteiger partial charge in [0.15, 0.2) is 0 Å². The van der Waals surface area contributed by atoms with E-state index in [4.69, 9.17) is 4.74 Å². The third-order valence-corrected chi connectivity index (χ3v) is 5.99. The minimum atomic E-state index is 0.200. The number of hydrogen-bond acceptors (Lipinski definition) is 4. The number of rotatable bonds is 6. The molecule has 1 aromatic rings. The van der Waals surface area contributed by atoms with Crippen LogP contribution in [0.4, 0.5) is 0 Å². The lowest BCUT2D eigenvalue weighted by molar-refractivity contribution is -0.137. The molecule has 154 valence electrons. The van der Waals surface area contributed by atoms with Gasteiger partial charge in [0.2, 0.25) is 11.8 Å². The first-order valence-electron chi connectivity index (χ1n) is 10.5. The number of carbonyl (C=O) groups excluding carboxylic acids is 2. The summed E-state index contributed by atoms with van der Waals surface area (Å²) in [5.41, 5.74) is 1.15. The van der Waals surface area contributed by atoms with Gasteiger partial charge in [-0.05, 0) is 50.3 Å². The predicted octanol–water partition coefficient (Wildman–Crippen LogP) is 2.17. The van der Waals surface area contributed by atoms with Gasteiger partial charge in [-0.25, -0.2) is 0 Å². The summed E-state index contributed by atoms with van der Waals surface area (Å²) in [6.07, 6.45) is 4.72. The first-order valence-corrected chi connectivity index (χ1v) is 10.5. The topological polar surface area (TPSA) is 53.1 Å². The second kappa shape index (κ2) is 9.92. The van der Waals surface area contributed by atoms with Gasteiger partial charge in [-0.2, -0.15) is 0 Å². The fourth-order valence-electron chi connectivity index (χ4n) is 4.11. The van der Waals surface area contributed by atoms with Crippen LogP contribution < -0.4 is 4.74 Å². The van der Waals surface area contributed by atoms with Crippen molar-refractivity contribution in [3.8, 4) is 5.75 Å². The highest BCUT2D eigenvalue weighted by molar-refractivity contribution is 5.79. The van der Waals surface area contributed by atoms with E-state index in [1.165, 1.54) is 6.42 Å². The van der Waals surface area contributed by atoms with Crippen molar-refractivity contribution in [3.05, 3.63) is 29.8 Å². The van der Waals surface area contributed by atoms with Gasteiger partial charge in [0.25, 0.3) is 0 Å². The molecule has 0 bridgehead atoms. The predicted molar refractivity (Wildman–Crippen MR) is 109 cm³/mol. The third-order valence-electron chi connectivity index (χ3n) is 5.99. The molecule has 2 heterocycles. The molecule has 0 aliphatic carbocycles. The highest BCUT2D eigenvalue weighted by Gasteiger charge is 2.27. The first kappa shape index (κ1) is 20.6. The maximum atomic E-state index is 12.6. The second-order valence-electron chi connectivity index (χ2n) is 7.94. The zero-order chi connectivity index (χ0) is 19.9. The van der Waals surface area contributed by atoms with Gasteiger partial charge in [0.1, 0.15) is 5.75 Å². The number of hydrogen-bond donors (Lipinski definition) is 0. The minimum Gasteiger partial charge on any atom is -0.497 e. The maximum Gasteiger partial charge on any atom is 0.236 e. The number of nitrogens with zero attached hydrogens (tertiary/aromatic N) is 3. The molecule has 6 nitrogen and oxygen atoms in total. The van der Waals surface area contributed by atoms with E-state index in [1.54, 1.807) is 7.11 Å². The number of piperazine rings is 1. The van der Waals surface area contributed by atoms with Gasteiger partial charge >= 0.3 is 0 Å². The van der Waals surface area contributed by atoms with Crippen LogP contribution in [0.2, 0.25) is 0 Å². The molecule has 2 amide bonds. The molecule has 0 radical (unpaired) electrons. The van der Waals surface area contributed by atoms with Crippen molar-refractivity contribution in [3.63, 3.8) is 0 Å². The molecule has 0 N–H and O–H groups in total. The number of methoxy groups -OCH3 is 1. The Balaban J connectivity index is 1.39. The average molecular weight is 388 g/mol. The van der Waals surface area contributed by atoms with E-state index in [-0.39, 0.29) is 11.8 Å². The summed E-state index contributed by atoms with van der Waals surface area (Å²) in [5, 5.41) is 0. The second-order valence-corrected chi connectivity index (χ2v) is 7.94. The summed E-state index contributed by atoms with van der Waals surface area (Å²) in [4.78, 5) is 31.3. The summed E-state index contributed by atoms with van der Waals surface area (Å²) in [7, 11) is 1.65. The van der Waals surface area contributed by atoms with Crippen molar-refractivity contribution in [2.24, 2.45) is 0 Å². The van der Waals surface area contributed by atoms with Gasteiger partial charge in [-0.15, -0.1) is 0 Å². The zero-order valence-corrected chi connectivity index (χ0v) is 17.2. The quantitative estimate of drug-likeness (QED) is 0.751. The number of aryl methyl sites for hydroxylation is 1. The minimum absolute atomic E-state index is 0.200. The number of likely N-dealkylation sites (tertiary alicyclic amines) is 1. The normalized spacial score (nSPS) is 20.9. The monoisotopic (exact) mass is 387 g/mol. The summed E-state index contributed by atoms with van der Waals surface area (Å²) in [5.74, 6) is 1.28. The Morgan fingerprint density at radius 1 is 1.00 bits per heavy atom. The van der Waals surface area contributed by atoms with Crippen molar-refractivity contribution in [2.45, 2.75) is 45.1 Å². The van der Waals surface area contributed by atoms with Gasteiger partial charge in [0, 0.05) is 45.2 Å². The molecule has 3 rings (SSSR count). The molecule has 2 aliphatic rings. The van der Waals surface area contributed by atoms with E-state index in [9.17, 15) is 9.59 Å². The van der Waals surface area contributed by atoms with E-state index in [1.807, 2.05) is 34.1 Å². The molecule has 2 saturated heterocycles. The van der Waals surface area contributed by atoms with Crippen molar-refractivity contribution < 1.29 is 14.3 Å². The van der Waals surface area contributed by atoms with Crippen LogP contribution >= 0.6 is 0 Å². The lowest BCUT2D eigenvalue weighted by atomic mass is 10.0. The molecule has 1 unspecified atom stereocenters. The van der Waals surface area contributed by atoms with Crippen LogP contribution in [-0.2, 0) is 16.0 Å². The van der Waals surface area contributed by atoms with Crippen LogP contribution in [0.25, 0.3) is 0 Å². The molecule has 1 aromatic carbocycles. The van der Waals surface area contributed by atoms with E-state index >= 15 is 0 Å². The Labute approximate surface area is 168 Å². The summed E-state index contributed by atoms with van der Waals surface area (Å²) >= 11 is 0. The van der Waals surface area contributed by atoms with E-state index in [0.29, 0.717) is 32.1 Å². The summed E-state index contributed by atoms with van der Waals surface area (Å²) in [6.45, 7) is 6.51. The first-order chi connectivity index (χ1) is 13.6. The molecule has 6 heteroatoms. The Morgan fingerprint density at radius 2 is 1.71 bits per heavy atom. The Bertz CT molecular complexity index is 653. The standard InChI is InChI=1S/C22H33N3O3/c1-18-5-3-4-12-25(18)22(27)17-23-13-15-24(16-14-23)21(26)11-8-19-6-9-20(28-2)10-7-19/h6-7,9-10,18H,3-5,8,11-17H2,1-2H3. The molecular formula is C22H33N3O3. The van der Waals surface area contributed by atoms with Crippen LogP contribution in [0.5, 0.6) is 5.75 Å². The molecular weight excluding hydrogens is 354 g/mol. The van der Waals surface area contributed by atoms with Gasteiger partial charge in [-0.3, -0.25) is 14.5 Å². The smallest absolute Gasteiger partial charge is 0.236 e. The fourth-order valence-corrected chi connectivity index (χ4v) is 4.11. The Kier molecular flexibility index (Phi) is 7.31. The van der Waals surface area contributed by atoms with Crippen LogP contribution in [0.15, 0.2) is 24.3 Å². The highest BCUT2D eigenvalue weighted by Crippen LogP contribution is 2.17. The van der Waals surface area contributed by atoms with Crippen molar-refractivity contribution in [1.82, 2.24) is 14.7 Å². The van der Waals surface area contributed by atoms with Crippen LogP contribution in [-0.4, -0.2) is 78.9 Å². The van der Waals surface area contributed by atoms with Crippen LogP contribution in [0.1, 0.15) is 38.2 Å². The number of benzene rings is 1. The lowest BCUT2D eigenvalue weighted by Gasteiger charge is -2.38. The van der Waals surface area contributed by atoms with Crippen molar-refractivity contribution in [1.29, 1.82) is 0 Å². The number of carbonyl (C=O) groups is 2. The molecule has 0 aromatic heterocycles. The van der Waals surface area contributed by atoms with Crippen LogP contribution in [0, 0.1) is 0 Å². The number of piperidine rings is 1. The third kappa shape index (κ3) is 5.47. The largest absolute Gasteiger partial charge is 0.497 e. The van der Waals surface area contributed by atoms with Crippen LogP contribution in [0.3, 0.4) is 0 Å². The number of ether oxygens (including phenoxy) is 1. The fraction of sp³-hybridized carbons (Fsp3) is 0.636. The highest BCUT2D eigenvalue weighted by atomic mass is 16.5. The van der Waals surface area contributed by atoms with Gasteiger partial charge in [-0.1, -0.05) is 12.1 Å². The van der Waals surface area contributed by atoms with E-state index in [0.717, 1.165) is 50.2 Å². The van der Waals surface area contributed by atoms with Gasteiger partial charge < -0.3 is 14.5 Å².